The number of carbonyl (C=O) groups is 1. The van der Waals surface area contributed by atoms with Crippen LogP contribution in [-0.4, -0.2) is 63.9 Å². The van der Waals surface area contributed by atoms with Gasteiger partial charge in [0.1, 0.15) is 5.75 Å². The van der Waals surface area contributed by atoms with Gasteiger partial charge in [-0.05, 0) is 45.0 Å². The number of methoxy groups -OCH3 is 1. The predicted octanol–water partition coefficient (Wildman–Crippen LogP) is 3.85. The molecule has 31 heavy (non-hydrogen) atoms. The third-order valence-corrected chi connectivity index (χ3v) is 5.15. The number of ether oxygens (including phenoxy) is 4. The Kier molecular flexibility index (Phi) is 7.87. The summed E-state index contributed by atoms with van der Waals surface area (Å²) in [6.45, 7) is 9.87. The molecule has 2 aromatic rings. The second kappa shape index (κ2) is 10.8. The first-order valence-corrected chi connectivity index (χ1v) is 10.9. The Morgan fingerprint density at radius 2 is 1.42 bits per heavy atom. The summed E-state index contributed by atoms with van der Waals surface area (Å²) >= 11 is 0. The minimum atomic E-state index is -0.0374. The zero-order chi connectivity index (χ0) is 22.2. The summed E-state index contributed by atoms with van der Waals surface area (Å²) in [6, 6.07) is 11.5. The van der Waals surface area contributed by atoms with E-state index in [1.54, 1.807) is 19.2 Å². The lowest BCUT2D eigenvalue weighted by Crippen LogP contribution is -2.48. The van der Waals surface area contributed by atoms with E-state index in [0.29, 0.717) is 55.7 Å². The first kappa shape index (κ1) is 22.6. The van der Waals surface area contributed by atoms with E-state index in [9.17, 15) is 4.79 Å². The molecule has 1 fully saturated rings. The number of piperazine rings is 1. The molecule has 1 saturated heterocycles. The second-order valence-corrected chi connectivity index (χ2v) is 7.05. The van der Waals surface area contributed by atoms with E-state index in [1.807, 2.05) is 49.9 Å². The van der Waals surface area contributed by atoms with Gasteiger partial charge in [-0.25, -0.2) is 0 Å². The second-order valence-electron chi connectivity index (χ2n) is 7.05. The van der Waals surface area contributed by atoms with Crippen molar-refractivity contribution in [2.45, 2.75) is 20.8 Å². The number of benzene rings is 2. The number of carbonyl (C=O) groups excluding carboxylic acids is 1. The van der Waals surface area contributed by atoms with Crippen molar-refractivity contribution in [1.29, 1.82) is 0 Å². The number of hydrogen-bond donors (Lipinski definition) is 0. The lowest BCUT2D eigenvalue weighted by molar-refractivity contribution is 0.0745. The van der Waals surface area contributed by atoms with E-state index < -0.39 is 0 Å². The smallest absolute Gasteiger partial charge is 0.254 e. The molecule has 168 valence electrons. The standard InChI is InChI=1S/C24H32N2O5/c1-5-29-21-16-18(17-22(30-6-2)23(21)31-7-3)24(27)26-14-12-25(13-15-26)19-10-8-9-11-20(19)28-4/h8-11,16-17H,5-7,12-15H2,1-4H3. The first-order valence-electron chi connectivity index (χ1n) is 10.9. The van der Waals surface area contributed by atoms with Crippen LogP contribution in [0.3, 0.4) is 0 Å². The first-order chi connectivity index (χ1) is 15.1. The molecule has 2 aromatic carbocycles. The van der Waals surface area contributed by atoms with Gasteiger partial charge in [-0.2, -0.15) is 0 Å². The molecule has 0 atom stereocenters. The summed E-state index contributed by atoms with van der Waals surface area (Å²) in [4.78, 5) is 17.4. The number of hydrogen-bond acceptors (Lipinski definition) is 6. The molecule has 0 bridgehead atoms. The van der Waals surface area contributed by atoms with E-state index in [0.717, 1.165) is 24.5 Å². The monoisotopic (exact) mass is 428 g/mol. The Hall–Kier alpha value is -3.09. The van der Waals surface area contributed by atoms with Crippen LogP contribution >= 0.6 is 0 Å². The van der Waals surface area contributed by atoms with Crippen LogP contribution < -0.4 is 23.8 Å². The minimum absolute atomic E-state index is 0.0374. The van der Waals surface area contributed by atoms with Gasteiger partial charge in [-0.1, -0.05) is 12.1 Å². The Labute approximate surface area is 184 Å². The van der Waals surface area contributed by atoms with Crippen molar-refractivity contribution >= 4 is 11.6 Å². The topological polar surface area (TPSA) is 60.5 Å². The van der Waals surface area contributed by atoms with Gasteiger partial charge in [-0.3, -0.25) is 4.79 Å². The van der Waals surface area contributed by atoms with E-state index in [2.05, 4.69) is 4.90 Å². The minimum Gasteiger partial charge on any atom is -0.495 e. The largest absolute Gasteiger partial charge is 0.495 e. The Balaban J connectivity index is 1.78. The SMILES string of the molecule is CCOc1cc(C(=O)N2CCN(c3ccccc3OC)CC2)cc(OCC)c1OCC. The van der Waals surface area contributed by atoms with Crippen LogP contribution in [-0.2, 0) is 0 Å². The van der Waals surface area contributed by atoms with Crippen molar-refractivity contribution in [2.75, 3.05) is 58.0 Å². The van der Waals surface area contributed by atoms with Gasteiger partial charge in [0.05, 0.1) is 32.6 Å². The van der Waals surface area contributed by atoms with E-state index >= 15 is 0 Å². The maximum atomic E-state index is 13.3. The maximum absolute atomic E-state index is 13.3. The van der Waals surface area contributed by atoms with Crippen molar-refractivity contribution < 1.29 is 23.7 Å². The van der Waals surface area contributed by atoms with Gasteiger partial charge in [0.2, 0.25) is 5.75 Å². The van der Waals surface area contributed by atoms with Crippen LogP contribution in [0.1, 0.15) is 31.1 Å². The summed E-state index contributed by atoms with van der Waals surface area (Å²) in [6.07, 6.45) is 0. The van der Waals surface area contributed by atoms with E-state index in [1.165, 1.54) is 0 Å². The van der Waals surface area contributed by atoms with Crippen LogP contribution in [0, 0.1) is 0 Å². The third-order valence-electron chi connectivity index (χ3n) is 5.15. The molecule has 1 aliphatic rings. The Bertz CT molecular complexity index is 851. The molecule has 0 saturated carbocycles. The summed E-state index contributed by atoms with van der Waals surface area (Å²) in [5.41, 5.74) is 1.59. The van der Waals surface area contributed by atoms with Crippen molar-refractivity contribution in [3.8, 4) is 23.0 Å². The zero-order valence-electron chi connectivity index (χ0n) is 18.8. The summed E-state index contributed by atoms with van der Waals surface area (Å²) < 4.78 is 22.7. The fourth-order valence-corrected chi connectivity index (χ4v) is 3.74. The average molecular weight is 429 g/mol. The molecule has 3 rings (SSSR count). The van der Waals surface area contributed by atoms with Crippen molar-refractivity contribution in [3.63, 3.8) is 0 Å². The van der Waals surface area contributed by atoms with Crippen molar-refractivity contribution in [1.82, 2.24) is 4.90 Å². The van der Waals surface area contributed by atoms with Crippen molar-refractivity contribution in [2.24, 2.45) is 0 Å². The molecule has 0 unspecified atom stereocenters. The molecular formula is C24H32N2O5. The lowest BCUT2D eigenvalue weighted by atomic mass is 10.1. The fourth-order valence-electron chi connectivity index (χ4n) is 3.74. The molecule has 7 nitrogen and oxygen atoms in total. The molecule has 1 aliphatic heterocycles. The van der Waals surface area contributed by atoms with Gasteiger partial charge in [0, 0.05) is 31.7 Å². The average Bonchev–Trinajstić information content (AvgIpc) is 2.81. The molecule has 0 radical (unpaired) electrons. The molecule has 1 amide bonds. The highest BCUT2D eigenvalue weighted by Gasteiger charge is 2.26. The predicted molar refractivity (Wildman–Crippen MR) is 121 cm³/mol. The quantitative estimate of drug-likeness (QED) is 0.605. The van der Waals surface area contributed by atoms with E-state index in [-0.39, 0.29) is 5.91 Å². The summed E-state index contributed by atoms with van der Waals surface area (Å²) in [5.74, 6) is 2.42. The number of rotatable bonds is 9. The third kappa shape index (κ3) is 5.16. The van der Waals surface area contributed by atoms with Crippen molar-refractivity contribution in [3.05, 3.63) is 42.0 Å². The molecule has 0 spiro atoms. The van der Waals surface area contributed by atoms with Gasteiger partial charge < -0.3 is 28.7 Å². The Morgan fingerprint density at radius 3 is 1.97 bits per heavy atom. The van der Waals surface area contributed by atoms with Gasteiger partial charge >= 0.3 is 0 Å². The zero-order valence-corrected chi connectivity index (χ0v) is 18.8. The van der Waals surface area contributed by atoms with Gasteiger partial charge in [0.15, 0.2) is 11.5 Å². The normalized spacial score (nSPS) is 13.7. The number of anilines is 1. The number of nitrogens with zero attached hydrogens (tertiary/aromatic N) is 2. The highest BCUT2D eigenvalue weighted by molar-refractivity contribution is 5.96. The van der Waals surface area contributed by atoms with Crippen LogP contribution in [0.4, 0.5) is 5.69 Å². The summed E-state index contributed by atoms with van der Waals surface area (Å²) in [5, 5.41) is 0. The lowest BCUT2D eigenvalue weighted by Gasteiger charge is -2.36. The van der Waals surface area contributed by atoms with Crippen LogP contribution in [0.5, 0.6) is 23.0 Å². The highest BCUT2D eigenvalue weighted by Crippen LogP contribution is 2.39. The Morgan fingerprint density at radius 1 is 0.839 bits per heavy atom. The molecular weight excluding hydrogens is 396 g/mol. The number of amides is 1. The molecule has 0 aliphatic carbocycles. The molecule has 0 N–H and O–H groups in total. The molecule has 0 aromatic heterocycles. The number of para-hydroxylation sites is 2. The van der Waals surface area contributed by atoms with Gasteiger partial charge in [-0.15, -0.1) is 0 Å². The molecule has 7 heteroatoms. The summed E-state index contributed by atoms with van der Waals surface area (Å²) in [7, 11) is 1.68. The molecule has 1 heterocycles. The fraction of sp³-hybridized carbons (Fsp3) is 0.458. The van der Waals surface area contributed by atoms with Crippen LogP contribution in [0.2, 0.25) is 0 Å². The maximum Gasteiger partial charge on any atom is 0.254 e. The highest BCUT2D eigenvalue weighted by atomic mass is 16.5. The van der Waals surface area contributed by atoms with Crippen LogP contribution in [0.15, 0.2) is 36.4 Å². The van der Waals surface area contributed by atoms with E-state index in [4.69, 9.17) is 18.9 Å². The van der Waals surface area contributed by atoms with Crippen LogP contribution in [0.25, 0.3) is 0 Å². The van der Waals surface area contributed by atoms with Gasteiger partial charge in [0.25, 0.3) is 5.91 Å².